The molecule has 0 bridgehead atoms. The average Bonchev–Trinajstić information content (AvgIpc) is 3.18. The van der Waals surface area contributed by atoms with Gasteiger partial charge in [0.05, 0.1) is 10.4 Å². The van der Waals surface area contributed by atoms with Crippen molar-refractivity contribution in [2.24, 2.45) is 0 Å². The van der Waals surface area contributed by atoms with Crippen LogP contribution in [0.1, 0.15) is 45.6 Å². The van der Waals surface area contributed by atoms with Crippen LogP contribution in [0.4, 0.5) is 5.82 Å². The van der Waals surface area contributed by atoms with Crippen molar-refractivity contribution < 1.29 is 8.42 Å². The quantitative estimate of drug-likeness (QED) is 0.493. The fourth-order valence-corrected chi connectivity index (χ4v) is 4.54. The molecule has 2 heterocycles. The second kappa shape index (κ2) is 7.68. The van der Waals surface area contributed by atoms with Crippen LogP contribution in [0.25, 0.3) is 16.6 Å². The minimum absolute atomic E-state index is 0.141. The van der Waals surface area contributed by atoms with Crippen molar-refractivity contribution >= 4 is 32.2 Å². The minimum atomic E-state index is -3.87. The molecule has 2 aromatic carbocycles. The summed E-state index contributed by atoms with van der Waals surface area (Å²) in [6.07, 6.45) is 0.909. The van der Waals surface area contributed by atoms with Gasteiger partial charge in [-0.3, -0.25) is 0 Å². The molecule has 30 heavy (non-hydrogen) atoms. The van der Waals surface area contributed by atoms with Gasteiger partial charge in [-0.1, -0.05) is 50.3 Å². The lowest BCUT2D eigenvalue weighted by Crippen LogP contribution is -2.15. The van der Waals surface area contributed by atoms with E-state index in [2.05, 4.69) is 48.3 Å². The first-order chi connectivity index (χ1) is 14.3. The van der Waals surface area contributed by atoms with Crippen molar-refractivity contribution in [1.82, 2.24) is 19.8 Å². The number of nitrogens with one attached hydrogen (secondary N) is 1. The molecule has 4 rings (SSSR count). The third kappa shape index (κ3) is 3.41. The molecule has 0 aliphatic heterocycles. The molecule has 0 radical (unpaired) electrons. The van der Waals surface area contributed by atoms with Gasteiger partial charge in [0, 0.05) is 11.4 Å². The number of fused-ring (bicyclic) bond motifs is 3. The van der Waals surface area contributed by atoms with E-state index in [1.165, 1.54) is 4.52 Å². The third-order valence-electron chi connectivity index (χ3n) is 5.33. The van der Waals surface area contributed by atoms with Gasteiger partial charge >= 0.3 is 0 Å². The summed E-state index contributed by atoms with van der Waals surface area (Å²) in [6.45, 7) is 8.27. The fourth-order valence-electron chi connectivity index (χ4n) is 3.31. The van der Waals surface area contributed by atoms with Gasteiger partial charge in [0.15, 0.2) is 5.65 Å². The predicted octanol–water partition coefficient (Wildman–Crippen LogP) is 4.44. The zero-order valence-electron chi connectivity index (χ0n) is 17.5. The molecular weight excluding hydrogens is 398 g/mol. The zero-order valence-corrected chi connectivity index (χ0v) is 18.3. The van der Waals surface area contributed by atoms with Crippen molar-refractivity contribution in [2.75, 3.05) is 5.32 Å². The fraction of sp³-hybridized carbons (Fsp3) is 0.318. The topological polar surface area (TPSA) is 89.2 Å². The molecule has 0 spiro atoms. The maximum atomic E-state index is 13.3. The molecule has 4 aromatic rings. The second-order valence-corrected chi connectivity index (χ2v) is 9.65. The van der Waals surface area contributed by atoms with Gasteiger partial charge in [-0.05, 0) is 49.1 Å². The Morgan fingerprint density at radius 2 is 1.73 bits per heavy atom. The highest BCUT2D eigenvalue weighted by Crippen LogP contribution is 2.29. The number of benzene rings is 2. The molecule has 0 saturated carbocycles. The number of para-hydroxylation sites is 1. The largest absolute Gasteiger partial charge is 0.367 e. The normalized spacial score (nSPS) is 13.2. The molecule has 1 atom stereocenters. The van der Waals surface area contributed by atoms with Crippen molar-refractivity contribution in [3.63, 3.8) is 0 Å². The molecule has 8 heteroatoms. The highest BCUT2D eigenvalue weighted by atomic mass is 32.2. The molecule has 0 aliphatic rings. The van der Waals surface area contributed by atoms with E-state index in [9.17, 15) is 8.42 Å². The molecule has 7 nitrogen and oxygen atoms in total. The molecule has 1 N–H and O–H groups in total. The van der Waals surface area contributed by atoms with E-state index in [1.807, 2.05) is 36.4 Å². The maximum Gasteiger partial charge on any atom is 0.229 e. The van der Waals surface area contributed by atoms with Crippen LogP contribution in [0.2, 0.25) is 0 Å². The van der Waals surface area contributed by atoms with Gasteiger partial charge < -0.3 is 5.32 Å². The summed E-state index contributed by atoms with van der Waals surface area (Å²) in [7, 11) is -3.87. The van der Waals surface area contributed by atoms with E-state index in [4.69, 9.17) is 0 Å². The number of hydrogen-bond acceptors (Lipinski definition) is 6. The van der Waals surface area contributed by atoms with Crippen LogP contribution >= 0.6 is 0 Å². The molecule has 0 saturated heterocycles. The number of aromatic nitrogens is 4. The van der Waals surface area contributed by atoms with Gasteiger partial charge in [-0.15, -0.1) is 5.10 Å². The summed E-state index contributed by atoms with van der Waals surface area (Å²) >= 11 is 0. The summed E-state index contributed by atoms with van der Waals surface area (Å²) in [5.41, 5.74) is 2.04. The average molecular weight is 424 g/mol. The Kier molecular flexibility index (Phi) is 5.19. The lowest BCUT2D eigenvalue weighted by atomic mass is 10.0. The predicted molar refractivity (Wildman–Crippen MR) is 118 cm³/mol. The summed E-state index contributed by atoms with van der Waals surface area (Å²) in [5, 5.41) is 12.2. The summed E-state index contributed by atoms with van der Waals surface area (Å²) in [6, 6.07) is 14.7. The van der Waals surface area contributed by atoms with Gasteiger partial charge in [0.25, 0.3) is 0 Å². The second-order valence-electron chi connectivity index (χ2n) is 7.79. The van der Waals surface area contributed by atoms with Crippen molar-refractivity contribution in [3.8, 4) is 0 Å². The van der Waals surface area contributed by atoms with Crippen LogP contribution in [-0.2, 0) is 9.84 Å². The minimum Gasteiger partial charge on any atom is -0.367 e. The van der Waals surface area contributed by atoms with E-state index >= 15 is 0 Å². The van der Waals surface area contributed by atoms with E-state index < -0.39 is 9.84 Å². The van der Waals surface area contributed by atoms with Crippen LogP contribution in [-0.4, -0.2) is 34.3 Å². The van der Waals surface area contributed by atoms with Crippen LogP contribution in [0.15, 0.2) is 58.5 Å². The summed E-state index contributed by atoms with van der Waals surface area (Å²) in [5.74, 6) is 0.945. The summed E-state index contributed by atoms with van der Waals surface area (Å²) in [4.78, 5) is 4.82. The van der Waals surface area contributed by atoms with Crippen molar-refractivity contribution in [3.05, 3.63) is 54.1 Å². The lowest BCUT2D eigenvalue weighted by molar-refractivity contribution is 0.592. The Labute approximate surface area is 176 Å². The van der Waals surface area contributed by atoms with Gasteiger partial charge in [0.2, 0.25) is 14.9 Å². The van der Waals surface area contributed by atoms with E-state index in [0.717, 1.165) is 22.9 Å². The van der Waals surface area contributed by atoms with Crippen LogP contribution in [0.3, 0.4) is 0 Å². The Morgan fingerprint density at radius 1 is 1.03 bits per heavy atom. The number of anilines is 1. The van der Waals surface area contributed by atoms with Crippen molar-refractivity contribution in [1.29, 1.82) is 0 Å². The SMILES string of the molecule is CC[C@H](C)Nc1nc2c(S(=O)(=O)c3ccc(C(C)C)cc3)nnn2c2ccccc12. The molecule has 0 aliphatic carbocycles. The number of nitrogens with zero attached hydrogens (tertiary/aromatic N) is 4. The molecule has 2 aromatic heterocycles. The van der Waals surface area contributed by atoms with E-state index in [0.29, 0.717) is 11.7 Å². The third-order valence-corrected chi connectivity index (χ3v) is 7.00. The molecule has 0 unspecified atom stereocenters. The lowest BCUT2D eigenvalue weighted by Gasteiger charge is -2.15. The first-order valence-electron chi connectivity index (χ1n) is 10.1. The van der Waals surface area contributed by atoms with Gasteiger partial charge in [-0.25, -0.2) is 13.4 Å². The zero-order chi connectivity index (χ0) is 21.5. The van der Waals surface area contributed by atoms with Crippen LogP contribution < -0.4 is 5.32 Å². The van der Waals surface area contributed by atoms with Gasteiger partial charge in [-0.2, -0.15) is 4.52 Å². The van der Waals surface area contributed by atoms with Crippen molar-refractivity contribution in [2.45, 2.75) is 56.0 Å². The highest BCUT2D eigenvalue weighted by Gasteiger charge is 2.27. The Morgan fingerprint density at radius 3 is 2.40 bits per heavy atom. The maximum absolute atomic E-state index is 13.3. The number of rotatable bonds is 6. The van der Waals surface area contributed by atoms with Crippen LogP contribution in [0, 0.1) is 0 Å². The van der Waals surface area contributed by atoms with E-state index in [1.54, 1.807) is 12.1 Å². The molecule has 0 amide bonds. The van der Waals surface area contributed by atoms with E-state index in [-0.39, 0.29) is 21.6 Å². The molecule has 156 valence electrons. The number of hydrogen-bond donors (Lipinski definition) is 1. The summed E-state index contributed by atoms with van der Waals surface area (Å²) < 4.78 is 28.2. The van der Waals surface area contributed by atoms with Gasteiger partial charge in [0.1, 0.15) is 5.82 Å². The standard InChI is InChI=1S/C22H25N5O2S/c1-5-15(4)23-20-18-8-6-7-9-19(18)27-21(24-20)22(25-26-27)30(28,29)17-12-10-16(11-13-17)14(2)3/h6-15H,5H2,1-4H3,(H,23,24)/t15-/m0/s1. The Bertz CT molecular complexity index is 1310. The van der Waals surface area contributed by atoms with Crippen LogP contribution in [0.5, 0.6) is 0 Å². The Balaban J connectivity index is 1.91. The Hall–Kier alpha value is -3.00. The smallest absolute Gasteiger partial charge is 0.229 e. The monoisotopic (exact) mass is 423 g/mol. The highest BCUT2D eigenvalue weighted by molar-refractivity contribution is 7.91. The first-order valence-corrected chi connectivity index (χ1v) is 11.6. The molecular formula is C22H25N5O2S. The molecule has 0 fully saturated rings. The number of sulfone groups is 1. The first kappa shape index (κ1) is 20.3.